The van der Waals surface area contributed by atoms with Crippen LogP contribution in [-0.2, 0) is 30.4 Å². The Labute approximate surface area is 226 Å². The number of nitrogens with zero attached hydrogens (tertiary/aromatic N) is 2. The van der Waals surface area contributed by atoms with Gasteiger partial charge >= 0.3 is 186 Å². The van der Waals surface area contributed by atoms with E-state index in [1.54, 1.807) is 12.1 Å². The van der Waals surface area contributed by atoms with Gasteiger partial charge < -0.3 is 0 Å². The molecule has 0 aliphatic rings. The minimum absolute atomic E-state index is 0.171. The van der Waals surface area contributed by atoms with Gasteiger partial charge in [-0.05, 0) is 0 Å². The Morgan fingerprint density at radius 3 is 1.87 bits per heavy atom. The molecule has 0 radical (unpaired) electrons. The summed E-state index contributed by atoms with van der Waals surface area (Å²) in [6, 6.07) is 8.94. The monoisotopic (exact) mass is 695 g/mol. The van der Waals surface area contributed by atoms with E-state index in [2.05, 4.69) is 10.2 Å². The predicted octanol–water partition coefficient (Wildman–Crippen LogP) is 0.448. The Morgan fingerprint density at radius 1 is 0.711 bits per heavy atom. The SMILES string of the molecule is C[I-]c1ccc2c(O)c(N=Nc3cc(S(=O)(=O)O)cc4cc(S(=O)(=O)O)cc(O)c34)c(S(=O)(=O)O)cc2c1. The van der Waals surface area contributed by atoms with E-state index in [9.17, 15) is 49.1 Å². The average molecular weight is 695 g/mol. The van der Waals surface area contributed by atoms with Crippen molar-refractivity contribution >= 4 is 63.3 Å². The molecule has 0 atom stereocenters. The number of phenols is 2. The average Bonchev–Trinajstić information content (AvgIpc) is 2.80. The number of hydrogen-bond donors (Lipinski definition) is 5. The van der Waals surface area contributed by atoms with Crippen molar-refractivity contribution in [2.45, 2.75) is 14.7 Å². The van der Waals surface area contributed by atoms with Gasteiger partial charge in [0.1, 0.15) is 0 Å². The van der Waals surface area contributed by atoms with Gasteiger partial charge in [0.25, 0.3) is 10.1 Å². The summed E-state index contributed by atoms with van der Waals surface area (Å²) < 4.78 is 101. The molecule has 0 spiro atoms. The van der Waals surface area contributed by atoms with Gasteiger partial charge in [-0.3, -0.25) is 9.11 Å². The van der Waals surface area contributed by atoms with Gasteiger partial charge in [-0.15, -0.1) is 0 Å². The second-order valence-electron chi connectivity index (χ2n) is 7.73. The summed E-state index contributed by atoms with van der Waals surface area (Å²) in [7, 11) is -14.7. The molecule has 0 heterocycles. The summed E-state index contributed by atoms with van der Waals surface area (Å²) >= 11 is -0.386. The van der Waals surface area contributed by atoms with Crippen molar-refractivity contribution in [3.63, 3.8) is 0 Å². The van der Waals surface area contributed by atoms with Crippen LogP contribution >= 0.6 is 0 Å². The van der Waals surface area contributed by atoms with Crippen LogP contribution in [0.25, 0.3) is 21.5 Å². The van der Waals surface area contributed by atoms with Gasteiger partial charge in [-0.1, -0.05) is 0 Å². The normalized spacial score (nSPS) is 13.2. The summed E-state index contributed by atoms with van der Waals surface area (Å²) in [4.78, 5) is -0.455. The number of phenolic OH excluding ortho intramolecular Hbond substituents is 2. The summed E-state index contributed by atoms with van der Waals surface area (Å²) in [5.74, 6) is -1.47. The Kier molecular flexibility index (Phi) is 7.14. The maximum atomic E-state index is 12.1. The number of rotatable bonds is 6. The third-order valence-electron chi connectivity index (χ3n) is 5.32. The van der Waals surface area contributed by atoms with Crippen LogP contribution in [-0.4, -0.2) is 54.1 Å². The first kappa shape index (κ1) is 28.1. The number of fused-ring (bicyclic) bond motifs is 2. The van der Waals surface area contributed by atoms with Gasteiger partial charge in [0.15, 0.2) is 0 Å². The first-order valence-corrected chi connectivity index (χ1v) is 17.5. The molecule has 0 amide bonds. The van der Waals surface area contributed by atoms with E-state index in [1.165, 1.54) is 6.07 Å². The van der Waals surface area contributed by atoms with Crippen LogP contribution < -0.4 is 21.2 Å². The molecule has 0 saturated heterocycles. The van der Waals surface area contributed by atoms with Crippen LogP contribution in [0.3, 0.4) is 0 Å². The fourth-order valence-corrected chi connectivity index (χ4v) is 6.55. The molecule has 0 unspecified atom stereocenters. The van der Waals surface area contributed by atoms with Gasteiger partial charge in [-0.25, -0.2) is 0 Å². The zero-order chi connectivity index (χ0) is 28.2. The Balaban J connectivity index is 2.05. The van der Waals surface area contributed by atoms with Gasteiger partial charge in [0.2, 0.25) is 0 Å². The minimum atomic E-state index is -4.96. The van der Waals surface area contributed by atoms with E-state index < -0.39 is 67.9 Å². The van der Waals surface area contributed by atoms with E-state index >= 15 is 0 Å². The molecule has 5 N–H and O–H groups in total. The topological polar surface area (TPSA) is 228 Å². The molecular weight excluding hydrogens is 679 g/mol. The van der Waals surface area contributed by atoms with Gasteiger partial charge in [0.05, 0.1) is 4.90 Å². The second-order valence-corrected chi connectivity index (χ2v) is 14.3. The molecule has 4 rings (SSSR count). The van der Waals surface area contributed by atoms with Crippen molar-refractivity contribution in [1.29, 1.82) is 0 Å². The van der Waals surface area contributed by atoms with Crippen LogP contribution in [0.2, 0.25) is 0 Å². The molecule has 13 nitrogen and oxygen atoms in total. The molecular formula is C21H16IN2O11S3-. The molecule has 0 bridgehead atoms. The number of azo groups is 1. The molecule has 0 fully saturated rings. The summed E-state index contributed by atoms with van der Waals surface area (Å²) in [6.07, 6.45) is 0. The van der Waals surface area contributed by atoms with Crippen molar-refractivity contribution in [3.8, 4) is 11.5 Å². The summed E-state index contributed by atoms with van der Waals surface area (Å²) in [5.41, 5.74) is -1.21. The fraction of sp³-hybridized carbons (Fsp3) is 0.0476. The second kappa shape index (κ2) is 9.67. The van der Waals surface area contributed by atoms with Crippen LogP contribution in [0.1, 0.15) is 0 Å². The van der Waals surface area contributed by atoms with Crippen LogP contribution in [0.5, 0.6) is 11.5 Å². The van der Waals surface area contributed by atoms with Crippen molar-refractivity contribution in [1.82, 2.24) is 0 Å². The molecule has 0 aliphatic carbocycles. The van der Waals surface area contributed by atoms with Crippen LogP contribution in [0, 0.1) is 3.57 Å². The zero-order valence-electron chi connectivity index (χ0n) is 18.8. The first-order valence-electron chi connectivity index (χ1n) is 9.95. The van der Waals surface area contributed by atoms with Gasteiger partial charge in [0, 0.05) is 0 Å². The summed E-state index contributed by atoms with van der Waals surface area (Å²) in [5, 5.41) is 28.6. The maximum absolute atomic E-state index is 12.1. The van der Waals surface area contributed by atoms with Crippen molar-refractivity contribution in [2.24, 2.45) is 10.2 Å². The number of halogens is 1. The third-order valence-corrected chi connectivity index (χ3v) is 9.76. The van der Waals surface area contributed by atoms with Gasteiger partial charge in [-0.2, -0.15) is 16.8 Å². The molecule has 0 aliphatic heterocycles. The van der Waals surface area contributed by atoms with Crippen molar-refractivity contribution in [3.05, 3.63) is 52.1 Å². The van der Waals surface area contributed by atoms with Crippen LogP contribution in [0.15, 0.2) is 73.4 Å². The number of hydrogen-bond acceptors (Lipinski definition) is 10. The third kappa shape index (κ3) is 5.44. The van der Waals surface area contributed by atoms with E-state index in [-0.39, 0.29) is 37.4 Å². The quantitative estimate of drug-likeness (QED) is 0.0805. The fourth-order valence-electron chi connectivity index (χ4n) is 3.63. The number of benzene rings is 4. The van der Waals surface area contributed by atoms with E-state index in [0.717, 1.165) is 27.8 Å². The Hall–Kier alpha value is -2.94. The first-order chi connectivity index (χ1) is 17.5. The number of alkyl halides is 1. The number of aromatic hydroxyl groups is 2. The molecule has 4 aromatic rings. The van der Waals surface area contributed by atoms with Crippen LogP contribution in [0.4, 0.5) is 11.4 Å². The van der Waals surface area contributed by atoms with E-state index in [1.807, 2.05) is 4.93 Å². The van der Waals surface area contributed by atoms with Crippen molar-refractivity contribution < 1.29 is 70.3 Å². The van der Waals surface area contributed by atoms with E-state index in [0.29, 0.717) is 11.5 Å². The standard InChI is InChI=1S/C21H16IN2O11S3/c1-22-12-2-3-15-10(4-12)7-18(38(33,34)35)20(21(15)26)24-23-16-8-13(36(27,28)29)5-11-6-14(37(30,31)32)9-17(25)19(11)16/h2-9,25-26H,1H3,(H,27,28,29)(H,30,31,32)(H,33,34,35)/q-1. The molecule has 4 aromatic carbocycles. The predicted molar refractivity (Wildman–Crippen MR) is 129 cm³/mol. The summed E-state index contributed by atoms with van der Waals surface area (Å²) in [6.45, 7) is 0. The molecule has 0 saturated carbocycles. The molecule has 17 heteroatoms. The Morgan fingerprint density at radius 2 is 1.32 bits per heavy atom. The molecule has 202 valence electrons. The van der Waals surface area contributed by atoms with Crippen molar-refractivity contribution in [2.75, 3.05) is 4.93 Å². The Bertz CT molecular complexity index is 2000. The molecule has 0 aromatic heterocycles. The zero-order valence-corrected chi connectivity index (χ0v) is 23.4. The van der Waals surface area contributed by atoms with E-state index in [4.69, 9.17) is 0 Å². The molecule has 38 heavy (non-hydrogen) atoms.